The van der Waals surface area contributed by atoms with Crippen LogP contribution in [0, 0.1) is 5.92 Å². The van der Waals surface area contributed by atoms with E-state index in [0.717, 1.165) is 29.1 Å². The van der Waals surface area contributed by atoms with Gasteiger partial charge in [-0.2, -0.15) is 10.1 Å². The summed E-state index contributed by atoms with van der Waals surface area (Å²) in [6.07, 6.45) is 2.55. The number of nitrogens with two attached hydrogens (primary N) is 1. The van der Waals surface area contributed by atoms with Crippen LogP contribution >= 0.6 is 11.6 Å². The highest BCUT2D eigenvalue weighted by atomic mass is 35.5. The predicted molar refractivity (Wildman–Crippen MR) is 92.4 cm³/mol. The average Bonchev–Trinajstić information content (AvgIpc) is 3.32. The number of aryl methyl sites for hydroxylation is 1. The molecule has 4 rings (SSSR count). The Balaban J connectivity index is 1.85. The minimum Gasteiger partial charge on any atom is -0.383 e. The summed E-state index contributed by atoms with van der Waals surface area (Å²) in [6, 6.07) is 7.55. The van der Waals surface area contributed by atoms with E-state index in [4.69, 9.17) is 17.3 Å². The molecule has 1 aliphatic rings. The van der Waals surface area contributed by atoms with Crippen LogP contribution < -0.4 is 11.1 Å². The van der Waals surface area contributed by atoms with Crippen molar-refractivity contribution in [3.63, 3.8) is 0 Å². The van der Waals surface area contributed by atoms with Gasteiger partial charge in [0, 0.05) is 24.2 Å². The van der Waals surface area contributed by atoms with Gasteiger partial charge in [-0.15, -0.1) is 0 Å². The Kier molecular flexibility index (Phi) is 3.34. The Labute approximate surface area is 138 Å². The number of rotatable bonds is 4. The Hall–Kier alpha value is -2.34. The first-order chi connectivity index (χ1) is 11.1. The van der Waals surface area contributed by atoms with Crippen LogP contribution in [0.5, 0.6) is 0 Å². The first-order valence-corrected chi connectivity index (χ1v) is 7.99. The van der Waals surface area contributed by atoms with Crippen molar-refractivity contribution < 1.29 is 0 Å². The van der Waals surface area contributed by atoms with E-state index in [1.54, 1.807) is 11.7 Å². The van der Waals surface area contributed by atoms with Crippen molar-refractivity contribution in [3.05, 3.63) is 29.3 Å². The van der Waals surface area contributed by atoms with Gasteiger partial charge in [0.1, 0.15) is 5.82 Å². The molecule has 3 N–H and O–H groups in total. The van der Waals surface area contributed by atoms with Gasteiger partial charge in [-0.25, -0.2) is 4.98 Å². The number of halogens is 1. The van der Waals surface area contributed by atoms with Crippen LogP contribution in [0.4, 0.5) is 11.8 Å². The summed E-state index contributed by atoms with van der Waals surface area (Å²) in [5.74, 6) is 1.88. The zero-order valence-electron chi connectivity index (χ0n) is 12.8. The third kappa shape index (κ3) is 2.70. The van der Waals surface area contributed by atoms with Crippen molar-refractivity contribution in [3.8, 4) is 11.3 Å². The molecule has 7 heteroatoms. The minimum absolute atomic E-state index is 0.554. The molecule has 0 bridgehead atoms. The molecule has 23 heavy (non-hydrogen) atoms. The fourth-order valence-corrected chi connectivity index (χ4v) is 2.69. The average molecular weight is 329 g/mol. The van der Waals surface area contributed by atoms with E-state index in [1.165, 1.54) is 12.8 Å². The third-order valence-electron chi connectivity index (χ3n) is 4.10. The zero-order chi connectivity index (χ0) is 16.0. The molecule has 1 aromatic carbocycles. The fourth-order valence-electron chi connectivity index (χ4n) is 2.57. The van der Waals surface area contributed by atoms with Gasteiger partial charge < -0.3 is 11.1 Å². The summed E-state index contributed by atoms with van der Waals surface area (Å²) < 4.78 is 1.63. The molecule has 0 saturated heterocycles. The van der Waals surface area contributed by atoms with E-state index in [1.807, 2.05) is 24.3 Å². The van der Waals surface area contributed by atoms with Crippen LogP contribution in [0.3, 0.4) is 0 Å². The molecule has 0 atom stereocenters. The van der Waals surface area contributed by atoms with Crippen molar-refractivity contribution in [2.24, 2.45) is 13.0 Å². The molecule has 1 saturated carbocycles. The lowest BCUT2D eigenvalue weighted by Gasteiger charge is -2.08. The Bertz CT molecular complexity index is 866. The summed E-state index contributed by atoms with van der Waals surface area (Å²) in [4.78, 5) is 9.18. The highest BCUT2D eigenvalue weighted by Crippen LogP contribution is 2.32. The number of anilines is 2. The Morgan fingerprint density at radius 1 is 1.26 bits per heavy atom. The van der Waals surface area contributed by atoms with Gasteiger partial charge in [-0.1, -0.05) is 23.7 Å². The maximum absolute atomic E-state index is 6.16. The zero-order valence-corrected chi connectivity index (χ0v) is 13.5. The standard InChI is InChI=1S/C16H17ClN6/c1-23-14(18)12-13(10-4-6-11(17)7-5-10)20-16(21-15(12)22-23)19-8-9-2-3-9/h4-7,9H,2-3,8,18H2,1H3,(H,19,21,22). The van der Waals surface area contributed by atoms with Gasteiger partial charge in [0.2, 0.25) is 5.95 Å². The van der Waals surface area contributed by atoms with Crippen molar-refractivity contribution in [2.75, 3.05) is 17.6 Å². The summed E-state index contributed by atoms with van der Waals surface area (Å²) in [7, 11) is 1.81. The second kappa shape index (κ2) is 5.38. The lowest BCUT2D eigenvalue weighted by atomic mass is 10.1. The van der Waals surface area contributed by atoms with Gasteiger partial charge in [-0.05, 0) is 30.9 Å². The van der Waals surface area contributed by atoms with Gasteiger partial charge >= 0.3 is 0 Å². The van der Waals surface area contributed by atoms with Crippen LogP contribution in [0.15, 0.2) is 24.3 Å². The molecular formula is C16H17ClN6. The first kappa shape index (κ1) is 14.3. The minimum atomic E-state index is 0.554. The molecule has 0 amide bonds. The van der Waals surface area contributed by atoms with Crippen molar-refractivity contribution in [1.29, 1.82) is 0 Å². The highest BCUT2D eigenvalue weighted by molar-refractivity contribution is 6.30. The van der Waals surface area contributed by atoms with E-state index < -0.39 is 0 Å². The molecule has 1 aliphatic carbocycles. The van der Waals surface area contributed by atoms with Crippen molar-refractivity contribution >= 4 is 34.4 Å². The smallest absolute Gasteiger partial charge is 0.225 e. The Morgan fingerprint density at radius 3 is 2.70 bits per heavy atom. The second-order valence-electron chi connectivity index (χ2n) is 5.93. The number of nitrogens with one attached hydrogen (secondary N) is 1. The molecule has 6 nitrogen and oxygen atoms in total. The van der Waals surface area contributed by atoms with Crippen LogP contribution in [0.25, 0.3) is 22.3 Å². The van der Waals surface area contributed by atoms with Crippen molar-refractivity contribution in [2.45, 2.75) is 12.8 Å². The van der Waals surface area contributed by atoms with Crippen LogP contribution in [-0.4, -0.2) is 26.3 Å². The fraction of sp³-hybridized carbons (Fsp3) is 0.312. The second-order valence-corrected chi connectivity index (χ2v) is 6.37. The maximum Gasteiger partial charge on any atom is 0.225 e. The number of nitrogens with zero attached hydrogens (tertiary/aromatic N) is 4. The monoisotopic (exact) mass is 328 g/mol. The van der Waals surface area contributed by atoms with E-state index in [0.29, 0.717) is 22.4 Å². The highest BCUT2D eigenvalue weighted by Gasteiger charge is 2.22. The van der Waals surface area contributed by atoms with Crippen LogP contribution in [0.1, 0.15) is 12.8 Å². The summed E-state index contributed by atoms with van der Waals surface area (Å²) in [5.41, 5.74) is 8.48. The SMILES string of the molecule is Cn1nc2nc(NCC3CC3)nc(-c3ccc(Cl)cc3)c2c1N. The number of nitrogen functional groups attached to an aromatic ring is 1. The molecular weight excluding hydrogens is 312 g/mol. The molecule has 3 aromatic rings. The number of benzene rings is 1. The van der Waals surface area contributed by atoms with Crippen LogP contribution in [-0.2, 0) is 7.05 Å². The number of hydrogen-bond donors (Lipinski definition) is 2. The lowest BCUT2D eigenvalue weighted by Crippen LogP contribution is -2.07. The van der Waals surface area contributed by atoms with E-state index in [2.05, 4.69) is 20.4 Å². The van der Waals surface area contributed by atoms with E-state index in [-0.39, 0.29) is 0 Å². The number of fused-ring (bicyclic) bond motifs is 1. The summed E-state index contributed by atoms with van der Waals surface area (Å²) in [5, 5.41) is 9.16. The van der Waals surface area contributed by atoms with Crippen LogP contribution in [0.2, 0.25) is 5.02 Å². The normalized spacial score (nSPS) is 14.3. The summed E-state index contributed by atoms with van der Waals surface area (Å²) in [6.45, 7) is 0.897. The van der Waals surface area contributed by atoms with Gasteiger partial charge in [-0.3, -0.25) is 4.68 Å². The van der Waals surface area contributed by atoms with Gasteiger partial charge in [0.15, 0.2) is 5.65 Å². The Morgan fingerprint density at radius 2 is 2.00 bits per heavy atom. The number of aromatic nitrogens is 4. The maximum atomic E-state index is 6.16. The first-order valence-electron chi connectivity index (χ1n) is 7.62. The lowest BCUT2D eigenvalue weighted by molar-refractivity contribution is 0.786. The van der Waals surface area contributed by atoms with Gasteiger partial charge in [0.25, 0.3) is 0 Å². The largest absolute Gasteiger partial charge is 0.383 e. The van der Waals surface area contributed by atoms with E-state index >= 15 is 0 Å². The van der Waals surface area contributed by atoms with E-state index in [9.17, 15) is 0 Å². The molecule has 0 spiro atoms. The molecule has 1 fully saturated rings. The quantitative estimate of drug-likeness (QED) is 0.769. The molecule has 0 unspecified atom stereocenters. The summed E-state index contributed by atoms with van der Waals surface area (Å²) >= 11 is 5.99. The molecule has 2 heterocycles. The number of hydrogen-bond acceptors (Lipinski definition) is 5. The molecule has 0 radical (unpaired) electrons. The third-order valence-corrected chi connectivity index (χ3v) is 4.35. The van der Waals surface area contributed by atoms with Gasteiger partial charge in [0.05, 0.1) is 11.1 Å². The predicted octanol–water partition coefficient (Wildman–Crippen LogP) is 3.09. The topological polar surface area (TPSA) is 81.7 Å². The molecule has 0 aliphatic heterocycles. The van der Waals surface area contributed by atoms with Crippen molar-refractivity contribution in [1.82, 2.24) is 19.7 Å². The molecule has 118 valence electrons. The molecule has 2 aromatic heterocycles.